The smallest absolute Gasteiger partial charge is 0.317 e. The Morgan fingerprint density at radius 3 is 2.72 bits per heavy atom. The number of rotatable bonds is 2. The first-order valence-electron chi connectivity index (χ1n) is 5.84. The third kappa shape index (κ3) is 3.49. The van der Waals surface area contributed by atoms with Crippen molar-refractivity contribution in [2.75, 3.05) is 18.4 Å². The number of hydrogen-bond acceptors (Lipinski definition) is 5. The summed E-state index contributed by atoms with van der Waals surface area (Å²) >= 11 is 0. The fourth-order valence-electron chi connectivity index (χ4n) is 1.81. The van der Waals surface area contributed by atoms with Crippen molar-refractivity contribution in [1.82, 2.24) is 20.6 Å². The van der Waals surface area contributed by atoms with E-state index in [-0.39, 0.29) is 11.8 Å². The van der Waals surface area contributed by atoms with Crippen molar-refractivity contribution in [2.24, 2.45) is 5.92 Å². The lowest BCUT2D eigenvalue weighted by Crippen LogP contribution is -2.42. The lowest BCUT2D eigenvalue weighted by molar-refractivity contribution is -0.124. The van der Waals surface area contributed by atoms with E-state index in [1.54, 1.807) is 0 Å². The molecule has 1 saturated heterocycles. The normalized spacial score (nSPS) is 16.0. The van der Waals surface area contributed by atoms with Gasteiger partial charge in [-0.25, -0.2) is 9.78 Å². The molecular formula is C11H15N5O2. The second-order valence-corrected chi connectivity index (χ2v) is 4.06. The van der Waals surface area contributed by atoms with Crippen LogP contribution < -0.4 is 16.0 Å². The number of nitrogens with one attached hydrogen (secondary N) is 3. The van der Waals surface area contributed by atoms with Crippen LogP contribution in [-0.4, -0.2) is 35.0 Å². The number of carbonyl (C=O) groups excluding carboxylic acids is 2. The van der Waals surface area contributed by atoms with Gasteiger partial charge < -0.3 is 5.32 Å². The molecule has 7 heteroatoms. The summed E-state index contributed by atoms with van der Waals surface area (Å²) in [6, 6.07) is -0.570. The summed E-state index contributed by atoms with van der Waals surface area (Å²) in [4.78, 5) is 31.0. The molecule has 0 atom stereocenters. The van der Waals surface area contributed by atoms with E-state index < -0.39 is 6.03 Å². The molecule has 2 rings (SSSR count). The molecule has 1 aromatic rings. The zero-order chi connectivity index (χ0) is 12.8. The minimum atomic E-state index is -0.570. The number of amides is 3. The molecule has 1 fully saturated rings. The molecule has 3 N–H and O–H groups in total. The first kappa shape index (κ1) is 12.4. The van der Waals surface area contributed by atoms with E-state index in [0.29, 0.717) is 5.82 Å². The van der Waals surface area contributed by atoms with Gasteiger partial charge in [0, 0.05) is 18.3 Å². The maximum atomic E-state index is 11.8. The van der Waals surface area contributed by atoms with E-state index in [4.69, 9.17) is 0 Å². The summed E-state index contributed by atoms with van der Waals surface area (Å²) in [7, 11) is 0. The van der Waals surface area contributed by atoms with Crippen LogP contribution in [0, 0.1) is 5.92 Å². The number of nitrogens with zero attached hydrogens (tertiary/aromatic N) is 2. The van der Waals surface area contributed by atoms with Gasteiger partial charge in [-0.2, -0.15) is 0 Å². The molecule has 1 aliphatic heterocycles. The van der Waals surface area contributed by atoms with Crippen molar-refractivity contribution >= 4 is 17.8 Å². The van der Waals surface area contributed by atoms with Gasteiger partial charge in [-0.15, -0.1) is 0 Å². The summed E-state index contributed by atoms with van der Waals surface area (Å²) in [6.45, 7) is 1.62. The van der Waals surface area contributed by atoms with E-state index in [0.717, 1.165) is 25.9 Å². The molecule has 0 bridgehead atoms. The molecule has 0 saturated carbocycles. The third-order valence-electron chi connectivity index (χ3n) is 2.75. The summed E-state index contributed by atoms with van der Waals surface area (Å²) in [5, 5.41) is 7.93. The highest BCUT2D eigenvalue weighted by atomic mass is 16.2. The lowest BCUT2D eigenvalue weighted by atomic mass is 9.97. The van der Waals surface area contributed by atoms with Gasteiger partial charge in [0.25, 0.3) is 0 Å². The highest BCUT2D eigenvalue weighted by Crippen LogP contribution is 2.11. The van der Waals surface area contributed by atoms with Gasteiger partial charge in [-0.3, -0.25) is 20.4 Å². The quantitative estimate of drug-likeness (QED) is 0.692. The number of imide groups is 1. The lowest BCUT2D eigenvalue weighted by Gasteiger charge is -2.21. The van der Waals surface area contributed by atoms with Gasteiger partial charge in [0.1, 0.15) is 0 Å². The van der Waals surface area contributed by atoms with Gasteiger partial charge in [-0.05, 0) is 25.9 Å². The van der Waals surface area contributed by atoms with E-state index in [2.05, 4.69) is 25.9 Å². The maximum Gasteiger partial charge on any atom is 0.327 e. The predicted molar refractivity (Wildman–Crippen MR) is 64.8 cm³/mol. The molecule has 0 radical (unpaired) electrons. The molecule has 3 amide bonds. The summed E-state index contributed by atoms with van der Waals surface area (Å²) in [5.74, 6) is -0.0233. The average Bonchev–Trinajstić information content (AvgIpc) is 2.40. The standard InChI is InChI=1S/C11H15N5O2/c17-10(8-1-3-12-4-2-8)16-11(18)15-9-7-13-5-6-14-9/h5-8,12H,1-4H2,(H2,14,15,16,17,18). The van der Waals surface area contributed by atoms with Crippen molar-refractivity contribution in [3.8, 4) is 0 Å². The molecule has 96 valence electrons. The second-order valence-electron chi connectivity index (χ2n) is 4.06. The Balaban J connectivity index is 1.82. The maximum absolute atomic E-state index is 11.8. The second kappa shape index (κ2) is 6.06. The third-order valence-corrected chi connectivity index (χ3v) is 2.75. The summed E-state index contributed by atoms with van der Waals surface area (Å²) < 4.78 is 0. The van der Waals surface area contributed by atoms with Crippen LogP contribution in [-0.2, 0) is 4.79 Å². The molecule has 2 heterocycles. The first-order chi connectivity index (χ1) is 8.75. The number of aromatic nitrogens is 2. The van der Waals surface area contributed by atoms with Gasteiger partial charge >= 0.3 is 6.03 Å². The predicted octanol–water partition coefficient (Wildman–Crippen LogP) is 0.124. The van der Waals surface area contributed by atoms with E-state index in [9.17, 15) is 9.59 Å². The van der Waals surface area contributed by atoms with Crippen LogP contribution in [0.1, 0.15) is 12.8 Å². The largest absolute Gasteiger partial charge is 0.327 e. The highest BCUT2D eigenvalue weighted by Gasteiger charge is 2.22. The minimum Gasteiger partial charge on any atom is -0.317 e. The van der Waals surface area contributed by atoms with Crippen LogP contribution in [0.15, 0.2) is 18.6 Å². The molecule has 0 spiro atoms. The molecule has 18 heavy (non-hydrogen) atoms. The van der Waals surface area contributed by atoms with Crippen molar-refractivity contribution in [3.05, 3.63) is 18.6 Å². The van der Waals surface area contributed by atoms with Gasteiger partial charge in [-0.1, -0.05) is 0 Å². The Kier molecular flexibility index (Phi) is 4.19. The topological polar surface area (TPSA) is 96.0 Å². The summed E-state index contributed by atoms with van der Waals surface area (Å²) in [6.07, 6.45) is 5.89. The fourth-order valence-corrected chi connectivity index (χ4v) is 1.81. The zero-order valence-electron chi connectivity index (χ0n) is 9.85. The SMILES string of the molecule is O=C(NC(=O)C1CCNCC1)Nc1cnccn1. The van der Waals surface area contributed by atoms with E-state index in [1.807, 2.05) is 0 Å². The van der Waals surface area contributed by atoms with Crippen molar-refractivity contribution in [1.29, 1.82) is 0 Å². The Morgan fingerprint density at radius 1 is 1.28 bits per heavy atom. The summed E-state index contributed by atoms with van der Waals surface area (Å²) in [5.41, 5.74) is 0. The Hall–Kier alpha value is -2.02. The Bertz CT molecular complexity index is 417. The van der Waals surface area contributed by atoms with Crippen LogP contribution in [0.3, 0.4) is 0 Å². The molecular weight excluding hydrogens is 234 g/mol. The van der Waals surface area contributed by atoms with Gasteiger partial charge in [0.2, 0.25) is 5.91 Å². The number of urea groups is 1. The van der Waals surface area contributed by atoms with Crippen molar-refractivity contribution < 1.29 is 9.59 Å². The molecule has 0 unspecified atom stereocenters. The van der Waals surface area contributed by atoms with Gasteiger partial charge in [0.15, 0.2) is 5.82 Å². The fraction of sp³-hybridized carbons (Fsp3) is 0.455. The van der Waals surface area contributed by atoms with Crippen LogP contribution in [0.25, 0.3) is 0 Å². The molecule has 1 aliphatic rings. The van der Waals surface area contributed by atoms with Crippen molar-refractivity contribution in [2.45, 2.75) is 12.8 Å². The van der Waals surface area contributed by atoms with Crippen molar-refractivity contribution in [3.63, 3.8) is 0 Å². The van der Waals surface area contributed by atoms with Crippen LogP contribution in [0.2, 0.25) is 0 Å². The average molecular weight is 249 g/mol. The van der Waals surface area contributed by atoms with E-state index >= 15 is 0 Å². The van der Waals surface area contributed by atoms with Crippen LogP contribution >= 0.6 is 0 Å². The highest BCUT2D eigenvalue weighted by molar-refractivity contribution is 6.01. The first-order valence-corrected chi connectivity index (χ1v) is 5.84. The van der Waals surface area contributed by atoms with Crippen LogP contribution in [0.4, 0.5) is 10.6 Å². The molecule has 0 aliphatic carbocycles. The number of anilines is 1. The number of piperidine rings is 1. The minimum absolute atomic E-state index is 0.0983. The molecule has 1 aromatic heterocycles. The monoisotopic (exact) mass is 249 g/mol. The molecule has 0 aromatic carbocycles. The zero-order valence-corrected chi connectivity index (χ0v) is 9.85. The number of carbonyl (C=O) groups is 2. The Morgan fingerprint density at radius 2 is 2.06 bits per heavy atom. The van der Waals surface area contributed by atoms with Crippen LogP contribution in [0.5, 0.6) is 0 Å². The Labute approximate surface area is 104 Å². The molecule has 7 nitrogen and oxygen atoms in total. The number of hydrogen-bond donors (Lipinski definition) is 3. The van der Waals surface area contributed by atoms with Gasteiger partial charge in [0.05, 0.1) is 6.20 Å². The van der Waals surface area contributed by atoms with E-state index in [1.165, 1.54) is 18.6 Å².